The number of aldehydes is 1. The van der Waals surface area contributed by atoms with Crippen LogP contribution in [-0.2, 0) is 16.1 Å². The van der Waals surface area contributed by atoms with Crippen molar-refractivity contribution in [1.29, 1.82) is 0 Å². The minimum absolute atomic E-state index is 0.173. The molecule has 0 radical (unpaired) electrons. The van der Waals surface area contributed by atoms with Crippen molar-refractivity contribution in [1.82, 2.24) is 4.90 Å². The Morgan fingerprint density at radius 3 is 2.81 bits per heavy atom. The molecule has 0 unspecified atom stereocenters. The van der Waals surface area contributed by atoms with Crippen LogP contribution in [0.1, 0.15) is 11.1 Å². The Kier molecular flexibility index (Phi) is 4.45. The van der Waals surface area contributed by atoms with Crippen LogP contribution in [-0.4, -0.2) is 24.1 Å². The number of hydrogen-bond donors (Lipinski definition) is 0. The normalized spacial score (nSPS) is 10.4. The SMILES string of the molecule is Cc1cccc(CN(C)C(=O)/C=C\C=O)c1. The van der Waals surface area contributed by atoms with Gasteiger partial charge in [-0.2, -0.15) is 0 Å². The van der Waals surface area contributed by atoms with E-state index in [1.807, 2.05) is 31.2 Å². The highest BCUT2D eigenvalue weighted by Crippen LogP contribution is 2.06. The molecule has 3 heteroatoms. The van der Waals surface area contributed by atoms with Crippen LogP contribution in [0.5, 0.6) is 0 Å². The molecule has 1 rings (SSSR count). The second-order valence-corrected chi connectivity index (χ2v) is 3.68. The minimum atomic E-state index is -0.173. The Morgan fingerprint density at radius 1 is 1.44 bits per heavy atom. The molecule has 0 aliphatic carbocycles. The van der Waals surface area contributed by atoms with Crippen molar-refractivity contribution in [3.63, 3.8) is 0 Å². The lowest BCUT2D eigenvalue weighted by Crippen LogP contribution is -2.24. The molecule has 16 heavy (non-hydrogen) atoms. The highest BCUT2D eigenvalue weighted by atomic mass is 16.2. The molecular weight excluding hydrogens is 202 g/mol. The number of carbonyl (C=O) groups excluding carboxylic acids is 2. The molecule has 0 heterocycles. The lowest BCUT2D eigenvalue weighted by atomic mass is 10.1. The average Bonchev–Trinajstić information content (AvgIpc) is 2.25. The van der Waals surface area contributed by atoms with Crippen LogP contribution in [0.3, 0.4) is 0 Å². The van der Waals surface area contributed by atoms with Gasteiger partial charge >= 0.3 is 0 Å². The second-order valence-electron chi connectivity index (χ2n) is 3.68. The Labute approximate surface area is 95.4 Å². The van der Waals surface area contributed by atoms with Crippen LogP contribution < -0.4 is 0 Å². The lowest BCUT2D eigenvalue weighted by molar-refractivity contribution is -0.125. The van der Waals surface area contributed by atoms with Gasteiger partial charge in [-0.1, -0.05) is 29.8 Å². The van der Waals surface area contributed by atoms with Gasteiger partial charge in [0.05, 0.1) is 0 Å². The Morgan fingerprint density at radius 2 is 2.19 bits per heavy atom. The molecule has 0 aliphatic heterocycles. The summed E-state index contributed by atoms with van der Waals surface area (Å²) in [5.41, 5.74) is 2.25. The first-order valence-electron chi connectivity index (χ1n) is 5.06. The Bertz CT molecular complexity index is 410. The Hall–Kier alpha value is -1.90. The van der Waals surface area contributed by atoms with E-state index in [9.17, 15) is 9.59 Å². The van der Waals surface area contributed by atoms with Crippen LogP contribution in [0.2, 0.25) is 0 Å². The largest absolute Gasteiger partial charge is 0.338 e. The monoisotopic (exact) mass is 217 g/mol. The van der Waals surface area contributed by atoms with E-state index >= 15 is 0 Å². The van der Waals surface area contributed by atoms with Gasteiger partial charge in [0.2, 0.25) is 5.91 Å². The van der Waals surface area contributed by atoms with E-state index in [0.717, 1.165) is 5.56 Å². The molecule has 3 nitrogen and oxygen atoms in total. The van der Waals surface area contributed by atoms with Crippen LogP contribution in [0, 0.1) is 6.92 Å². The molecule has 0 N–H and O–H groups in total. The van der Waals surface area contributed by atoms with Crippen molar-refractivity contribution in [2.24, 2.45) is 0 Å². The molecule has 0 fully saturated rings. The first kappa shape index (κ1) is 12.2. The number of aryl methyl sites for hydroxylation is 1. The van der Waals surface area contributed by atoms with E-state index < -0.39 is 0 Å². The van der Waals surface area contributed by atoms with Gasteiger partial charge in [0, 0.05) is 19.7 Å². The number of benzene rings is 1. The molecular formula is C13H15NO2. The highest BCUT2D eigenvalue weighted by molar-refractivity contribution is 5.90. The van der Waals surface area contributed by atoms with Crippen LogP contribution >= 0.6 is 0 Å². The molecule has 0 bridgehead atoms. The summed E-state index contributed by atoms with van der Waals surface area (Å²) in [6.45, 7) is 2.56. The fourth-order valence-electron chi connectivity index (χ4n) is 1.41. The predicted molar refractivity (Wildman–Crippen MR) is 62.9 cm³/mol. The smallest absolute Gasteiger partial charge is 0.246 e. The third-order valence-electron chi connectivity index (χ3n) is 2.20. The van der Waals surface area contributed by atoms with E-state index in [4.69, 9.17) is 0 Å². The summed E-state index contributed by atoms with van der Waals surface area (Å²) in [5, 5.41) is 0. The fourth-order valence-corrected chi connectivity index (χ4v) is 1.41. The zero-order valence-corrected chi connectivity index (χ0v) is 9.51. The number of rotatable bonds is 4. The van der Waals surface area contributed by atoms with E-state index in [1.165, 1.54) is 17.7 Å². The third-order valence-corrected chi connectivity index (χ3v) is 2.20. The lowest BCUT2D eigenvalue weighted by Gasteiger charge is -2.15. The maximum absolute atomic E-state index is 11.5. The van der Waals surface area contributed by atoms with Crippen molar-refractivity contribution in [2.75, 3.05) is 7.05 Å². The number of allylic oxidation sites excluding steroid dienone is 1. The topological polar surface area (TPSA) is 37.4 Å². The predicted octanol–water partition coefficient (Wildman–Crippen LogP) is 1.71. The van der Waals surface area contributed by atoms with E-state index in [-0.39, 0.29) is 5.91 Å². The average molecular weight is 217 g/mol. The molecule has 84 valence electrons. The standard InChI is InChI=1S/C13H15NO2/c1-11-5-3-6-12(9-11)10-14(2)13(16)7-4-8-15/h3-9H,10H2,1-2H3/b7-4-. The first-order valence-corrected chi connectivity index (χ1v) is 5.06. The van der Waals surface area contributed by atoms with Gasteiger partial charge in [0.25, 0.3) is 0 Å². The molecule has 1 aromatic rings. The van der Waals surface area contributed by atoms with Gasteiger partial charge in [-0.15, -0.1) is 0 Å². The van der Waals surface area contributed by atoms with Gasteiger partial charge in [0.1, 0.15) is 6.29 Å². The van der Waals surface area contributed by atoms with Gasteiger partial charge in [-0.3, -0.25) is 9.59 Å². The summed E-state index contributed by atoms with van der Waals surface area (Å²) in [6.07, 6.45) is 3.07. The number of likely N-dealkylation sites (N-methyl/N-ethyl adjacent to an activating group) is 1. The van der Waals surface area contributed by atoms with Crippen LogP contribution in [0.4, 0.5) is 0 Å². The van der Waals surface area contributed by atoms with Crippen molar-refractivity contribution in [2.45, 2.75) is 13.5 Å². The molecule has 0 atom stereocenters. The maximum Gasteiger partial charge on any atom is 0.246 e. The Balaban J connectivity index is 2.63. The summed E-state index contributed by atoms with van der Waals surface area (Å²) < 4.78 is 0. The number of amides is 1. The summed E-state index contributed by atoms with van der Waals surface area (Å²) in [5.74, 6) is -0.173. The van der Waals surface area contributed by atoms with Gasteiger partial charge in [-0.05, 0) is 18.6 Å². The van der Waals surface area contributed by atoms with E-state index in [2.05, 4.69) is 0 Å². The highest BCUT2D eigenvalue weighted by Gasteiger charge is 2.05. The van der Waals surface area contributed by atoms with Crippen LogP contribution in [0.15, 0.2) is 36.4 Å². The van der Waals surface area contributed by atoms with Crippen molar-refractivity contribution in [3.8, 4) is 0 Å². The van der Waals surface area contributed by atoms with E-state index in [0.29, 0.717) is 12.8 Å². The fraction of sp³-hybridized carbons (Fsp3) is 0.231. The molecule has 0 saturated carbocycles. The number of nitrogens with zero attached hydrogens (tertiary/aromatic N) is 1. The number of hydrogen-bond acceptors (Lipinski definition) is 2. The summed E-state index contributed by atoms with van der Waals surface area (Å²) in [6, 6.07) is 7.98. The molecule has 1 amide bonds. The summed E-state index contributed by atoms with van der Waals surface area (Å²) >= 11 is 0. The molecule has 0 aliphatic rings. The first-order chi connectivity index (χ1) is 7.63. The zero-order valence-electron chi connectivity index (χ0n) is 9.51. The van der Waals surface area contributed by atoms with Gasteiger partial charge < -0.3 is 4.90 Å². The molecule has 0 spiro atoms. The summed E-state index contributed by atoms with van der Waals surface area (Å²) in [4.78, 5) is 23.1. The van der Waals surface area contributed by atoms with Crippen molar-refractivity contribution >= 4 is 12.2 Å². The quantitative estimate of drug-likeness (QED) is 0.568. The maximum atomic E-state index is 11.5. The third kappa shape index (κ3) is 3.69. The van der Waals surface area contributed by atoms with Crippen molar-refractivity contribution < 1.29 is 9.59 Å². The van der Waals surface area contributed by atoms with Gasteiger partial charge in [-0.25, -0.2) is 0 Å². The molecule has 0 aromatic heterocycles. The van der Waals surface area contributed by atoms with E-state index in [1.54, 1.807) is 11.9 Å². The van der Waals surface area contributed by atoms with Gasteiger partial charge in [0.15, 0.2) is 0 Å². The second kappa shape index (κ2) is 5.85. The summed E-state index contributed by atoms with van der Waals surface area (Å²) in [7, 11) is 1.71. The zero-order chi connectivity index (χ0) is 12.0. The van der Waals surface area contributed by atoms with Crippen LogP contribution in [0.25, 0.3) is 0 Å². The molecule has 0 saturated heterocycles. The number of carbonyl (C=O) groups is 2. The van der Waals surface area contributed by atoms with Crippen molar-refractivity contribution in [3.05, 3.63) is 47.5 Å². The minimum Gasteiger partial charge on any atom is -0.338 e. The molecule has 1 aromatic carbocycles.